The Hall–Kier alpha value is -3.46. The van der Waals surface area contributed by atoms with Gasteiger partial charge in [-0.05, 0) is 68.6 Å². The average molecular weight is 483 g/mol. The van der Waals surface area contributed by atoms with Gasteiger partial charge in [-0.3, -0.25) is 14.7 Å². The molecule has 2 fully saturated rings. The number of carboxylic acids is 2. The molecule has 2 aliphatic rings. The lowest BCUT2D eigenvalue weighted by molar-refractivity contribution is -0.159. The molecule has 3 heterocycles. The summed E-state index contributed by atoms with van der Waals surface area (Å²) in [6.45, 7) is 10.8. The van der Waals surface area contributed by atoms with Gasteiger partial charge in [0.25, 0.3) is 0 Å². The van der Waals surface area contributed by atoms with Crippen LogP contribution in [-0.4, -0.2) is 82.1 Å². The third kappa shape index (κ3) is 7.26. The molecule has 0 unspecified atom stereocenters. The lowest BCUT2D eigenvalue weighted by Gasteiger charge is -2.40. The monoisotopic (exact) mass is 482 g/mol. The Bertz CT molecular complexity index is 1000. The first-order valence-corrected chi connectivity index (χ1v) is 11.9. The Morgan fingerprint density at radius 1 is 0.914 bits per heavy atom. The van der Waals surface area contributed by atoms with Crippen LogP contribution >= 0.6 is 0 Å². The van der Waals surface area contributed by atoms with Crippen molar-refractivity contribution in [3.05, 3.63) is 59.4 Å². The van der Waals surface area contributed by atoms with Crippen molar-refractivity contribution in [2.24, 2.45) is 5.92 Å². The Morgan fingerprint density at radius 3 is 2.14 bits per heavy atom. The summed E-state index contributed by atoms with van der Waals surface area (Å²) in [6.07, 6.45) is 5.69. The quantitative estimate of drug-likeness (QED) is 0.639. The number of anilines is 1. The third-order valence-corrected chi connectivity index (χ3v) is 6.76. The van der Waals surface area contributed by atoms with Crippen molar-refractivity contribution >= 4 is 23.5 Å². The summed E-state index contributed by atoms with van der Waals surface area (Å²) in [5.41, 5.74) is 5.26. The summed E-state index contributed by atoms with van der Waals surface area (Å²) in [5.74, 6) is -3.09. The molecule has 1 aromatic carbocycles. The fraction of sp³-hybridized carbons (Fsp3) is 0.462. The first kappa shape index (κ1) is 26.2. The number of hydrogen-bond donors (Lipinski definition) is 2. The zero-order chi connectivity index (χ0) is 25.4. The Kier molecular flexibility index (Phi) is 9.19. The Balaban J connectivity index is 0.000000509. The molecule has 0 saturated carbocycles. The molecule has 0 aliphatic carbocycles. The third-order valence-electron chi connectivity index (χ3n) is 6.76. The van der Waals surface area contributed by atoms with Crippen LogP contribution in [0.1, 0.15) is 29.5 Å². The summed E-state index contributed by atoms with van der Waals surface area (Å²) in [5, 5.41) is 14.8. The van der Waals surface area contributed by atoms with Crippen molar-refractivity contribution in [1.82, 2.24) is 14.8 Å². The molecule has 1 amide bonds. The number of pyridine rings is 1. The number of piperazine rings is 1. The van der Waals surface area contributed by atoms with Crippen molar-refractivity contribution in [2.75, 3.05) is 44.2 Å². The van der Waals surface area contributed by atoms with E-state index < -0.39 is 11.9 Å². The van der Waals surface area contributed by atoms with Gasteiger partial charge in [-0.1, -0.05) is 18.2 Å². The van der Waals surface area contributed by atoms with Gasteiger partial charge in [0.05, 0.1) is 0 Å². The van der Waals surface area contributed by atoms with Crippen LogP contribution in [0.25, 0.3) is 0 Å². The lowest BCUT2D eigenvalue weighted by atomic mass is 9.94. The van der Waals surface area contributed by atoms with Gasteiger partial charge < -0.3 is 20.0 Å². The molecule has 1 aromatic heterocycles. The van der Waals surface area contributed by atoms with Crippen LogP contribution in [0.15, 0.2) is 42.7 Å². The molecule has 9 nitrogen and oxygen atoms in total. The molecule has 2 N–H and O–H groups in total. The van der Waals surface area contributed by atoms with Crippen LogP contribution in [0.5, 0.6) is 0 Å². The van der Waals surface area contributed by atoms with Crippen molar-refractivity contribution in [3.8, 4) is 0 Å². The maximum atomic E-state index is 13.1. The van der Waals surface area contributed by atoms with E-state index in [9.17, 15) is 4.79 Å². The van der Waals surface area contributed by atoms with E-state index in [4.69, 9.17) is 19.8 Å². The lowest BCUT2D eigenvalue weighted by Crippen LogP contribution is -2.51. The average Bonchev–Trinajstić information content (AvgIpc) is 2.87. The van der Waals surface area contributed by atoms with Gasteiger partial charge in [0.1, 0.15) is 0 Å². The van der Waals surface area contributed by atoms with Gasteiger partial charge in [0.2, 0.25) is 5.91 Å². The minimum atomic E-state index is -1.82. The van der Waals surface area contributed by atoms with E-state index in [2.05, 4.69) is 57.8 Å². The molecule has 0 bridgehead atoms. The van der Waals surface area contributed by atoms with Crippen LogP contribution in [0.3, 0.4) is 0 Å². The summed E-state index contributed by atoms with van der Waals surface area (Å²) >= 11 is 0. The molecular weight excluding hydrogens is 448 g/mol. The molecule has 35 heavy (non-hydrogen) atoms. The predicted octanol–water partition coefficient (Wildman–Crippen LogP) is 2.41. The van der Waals surface area contributed by atoms with E-state index in [0.717, 1.165) is 58.7 Å². The molecule has 0 spiro atoms. The normalized spacial score (nSPS) is 16.9. The number of carbonyl (C=O) groups is 3. The van der Waals surface area contributed by atoms with Crippen molar-refractivity contribution < 1.29 is 24.6 Å². The number of hydrogen-bond acceptors (Lipinski definition) is 6. The Morgan fingerprint density at radius 2 is 1.57 bits per heavy atom. The van der Waals surface area contributed by atoms with E-state index in [1.165, 1.54) is 22.4 Å². The van der Waals surface area contributed by atoms with Crippen LogP contribution in [0.4, 0.5) is 5.69 Å². The topological polar surface area (TPSA) is 114 Å². The van der Waals surface area contributed by atoms with Crippen molar-refractivity contribution in [2.45, 2.75) is 33.2 Å². The van der Waals surface area contributed by atoms with Crippen molar-refractivity contribution in [3.63, 3.8) is 0 Å². The summed E-state index contributed by atoms with van der Waals surface area (Å²) in [6, 6.07) is 10.6. The first-order chi connectivity index (χ1) is 16.8. The first-order valence-electron chi connectivity index (χ1n) is 11.9. The van der Waals surface area contributed by atoms with Gasteiger partial charge in [0, 0.05) is 56.7 Å². The second-order valence-corrected chi connectivity index (χ2v) is 9.05. The fourth-order valence-corrected chi connectivity index (χ4v) is 4.59. The number of piperidine rings is 1. The number of nitrogens with zero attached hydrogens (tertiary/aromatic N) is 4. The minimum absolute atomic E-state index is 0.187. The number of likely N-dealkylation sites (tertiary alicyclic amines) is 1. The highest BCUT2D eigenvalue weighted by molar-refractivity contribution is 6.27. The molecule has 2 aliphatic heterocycles. The number of aliphatic carboxylic acids is 2. The molecule has 2 saturated heterocycles. The summed E-state index contributed by atoms with van der Waals surface area (Å²) in [4.78, 5) is 42.4. The van der Waals surface area contributed by atoms with Gasteiger partial charge in [-0.15, -0.1) is 0 Å². The van der Waals surface area contributed by atoms with Crippen LogP contribution in [0.2, 0.25) is 0 Å². The molecule has 0 radical (unpaired) electrons. The van der Waals surface area contributed by atoms with E-state index in [0.29, 0.717) is 5.91 Å². The van der Waals surface area contributed by atoms with E-state index in [1.54, 1.807) is 0 Å². The zero-order valence-electron chi connectivity index (χ0n) is 20.4. The van der Waals surface area contributed by atoms with Gasteiger partial charge in [0.15, 0.2) is 0 Å². The highest BCUT2D eigenvalue weighted by atomic mass is 16.4. The number of benzene rings is 1. The number of amides is 1. The van der Waals surface area contributed by atoms with E-state index in [1.807, 2.05) is 18.5 Å². The minimum Gasteiger partial charge on any atom is -0.473 e. The number of rotatable bonds is 4. The van der Waals surface area contributed by atoms with E-state index >= 15 is 0 Å². The molecule has 2 aromatic rings. The molecule has 188 valence electrons. The number of aromatic nitrogens is 1. The molecule has 0 atom stereocenters. The number of carboxylic acid groups (broad SMARTS) is 2. The highest BCUT2D eigenvalue weighted by Crippen LogP contribution is 2.26. The highest BCUT2D eigenvalue weighted by Gasteiger charge is 2.30. The van der Waals surface area contributed by atoms with Gasteiger partial charge in [-0.2, -0.15) is 0 Å². The number of aryl methyl sites for hydroxylation is 1. The second-order valence-electron chi connectivity index (χ2n) is 9.05. The molecular formula is C26H34N4O5. The maximum absolute atomic E-state index is 13.1. The Labute approximate surface area is 206 Å². The predicted molar refractivity (Wildman–Crippen MR) is 132 cm³/mol. The van der Waals surface area contributed by atoms with Crippen LogP contribution in [-0.2, 0) is 20.9 Å². The largest absolute Gasteiger partial charge is 0.473 e. The van der Waals surface area contributed by atoms with Crippen LogP contribution in [0, 0.1) is 19.8 Å². The summed E-state index contributed by atoms with van der Waals surface area (Å²) < 4.78 is 0. The SMILES string of the molecule is Cc1cccc(N2CCN(C(=O)C3CCN(Cc4cccnc4)CC3)CC2)c1C.O=C(O)C(=O)O. The smallest absolute Gasteiger partial charge is 0.414 e. The molecule has 9 heteroatoms. The maximum Gasteiger partial charge on any atom is 0.414 e. The van der Waals surface area contributed by atoms with Gasteiger partial charge in [-0.25, -0.2) is 9.59 Å². The van der Waals surface area contributed by atoms with Crippen LogP contribution < -0.4 is 4.90 Å². The zero-order valence-corrected chi connectivity index (χ0v) is 20.4. The summed E-state index contributed by atoms with van der Waals surface area (Å²) in [7, 11) is 0. The fourth-order valence-electron chi connectivity index (χ4n) is 4.59. The standard InChI is InChI=1S/C24H32N4O.C2H2O4/c1-19-5-3-7-23(20(19)2)27-13-15-28(16-14-27)24(29)22-8-11-26(12-9-22)18-21-6-4-10-25-17-21;3-1(4)2(5)6/h3-7,10,17,22H,8-9,11-16,18H2,1-2H3;(H,3,4)(H,5,6). The van der Waals surface area contributed by atoms with Crippen molar-refractivity contribution in [1.29, 1.82) is 0 Å². The molecule has 4 rings (SSSR count). The second kappa shape index (κ2) is 12.3. The van der Waals surface area contributed by atoms with Gasteiger partial charge >= 0.3 is 11.9 Å². The number of carbonyl (C=O) groups excluding carboxylic acids is 1. The van der Waals surface area contributed by atoms with E-state index in [-0.39, 0.29) is 5.92 Å².